The van der Waals surface area contributed by atoms with E-state index in [1.54, 1.807) is 19.2 Å². The highest BCUT2D eigenvalue weighted by Gasteiger charge is 2.18. The molecule has 1 aliphatic heterocycles. The van der Waals surface area contributed by atoms with Gasteiger partial charge in [-0.2, -0.15) is 0 Å². The number of hydrogen-bond donors (Lipinski definition) is 2. The number of pyridine rings is 1. The van der Waals surface area contributed by atoms with Crippen molar-refractivity contribution in [2.24, 2.45) is 10.7 Å². The Morgan fingerprint density at radius 1 is 1.16 bits per heavy atom. The van der Waals surface area contributed by atoms with Crippen molar-refractivity contribution in [3.63, 3.8) is 0 Å². The third-order valence-corrected chi connectivity index (χ3v) is 4.50. The van der Waals surface area contributed by atoms with Crippen LogP contribution in [0.25, 0.3) is 17.2 Å². The number of aromatic nitrogens is 1. The van der Waals surface area contributed by atoms with Crippen molar-refractivity contribution >= 4 is 29.7 Å². The van der Waals surface area contributed by atoms with Gasteiger partial charge in [0, 0.05) is 29.3 Å². The maximum Gasteiger partial charge on any atom is 0.407 e. The molecule has 1 aromatic carbocycles. The van der Waals surface area contributed by atoms with Gasteiger partial charge in [0.15, 0.2) is 0 Å². The fourth-order valence-electron chi connectivity index (χ4n) is 3.10. The summed E-state index contributed by atoms with van der Waals surface area (Å²) < 4.78 is 10.3. The first-order chi connectivity index (χ1) is 15.1. The van der Waals surface area contributed by atoms with Crippen molar-refractivity contribution in [1.29, 1.82) is 0 Å². The fraction of sp³-hybridized carbons (Fsp3) is 0.333. The van der Waals surface area contributed by atoms with Gasteiger partial charge in [0.1, 0.15) is 11.4 Å². The number of carbonyl (C=O) groups excluding carboxylic acids is 2. The van der Waals surface area contributed by atoms with Crippen LogP contribution in [0.2, 0.25) is 0 Å². The predicted octanol–water partition coefficient (Wildman–Crippen LogP) is 4.11. The molecule has 0 atom stereocenters. The second kappa shape index (κ2) is 9.64. The van der Waals surface area contributed by atoms with Crippen LogP contribution < -0.4 is 11.1 Å². The normalized spacial score (nSPS) is 13.2. The number of rotatable bonds is 5. The van der Waals surface area contributed by atoms with E-state index in [2.05, 4.69) is 15.3 Å². The SMILES string of the molecule is CCOC(=O)C1=Cc2ccc(-c3ccc(CNC(=O)OC(C)(C)C)nc3)cc2N=C(N)C1. The average molecular weight is 437 g/mol. The van der Waals surface area contributed by atoms with Gasteiger partial charge in [-0.15, -0.1) is 0 Å². The number of ether oxygens (including phenoxy) is 2. The molecule has 8 nitrogen and oxygen atoms in total. The Labute approximate surface area is 187 Å². The van der Waals surface area contributed by atoms with Crippen LogP contribution in [-0.4, -0.2) is 35.1 Å². The van der Waals surface area contributed by atoms with Gasteiger partial charge in [-0.05, 0) is 51.5 Å². The number of nitrogens with one attached hydrogen (secondary N) is 1. The Morgan fingerprint density at radius 2 is 1.91 bits per heavy atom. The number of esters is 1. The van der Waals surface area contributed by atoms with Crippen molar-refractivity contribution in [3.05, 3.63) is 53.4 Å². The van der Waals surface area contributed by atoms with E-state index in [0.717, 1.165) is 16.7 Å². The maximum absolute atomic E-state index is 12.1. The second-order valence-corrected chi connectivity index (χ2v) is 8.34. The summed E-state index contributed by atoms with van der Waals surface area (Å²) in [4.78, 5) is 32.8. The first-order valence-electron chi connectivity index (χ1n) is 10.4. The molecule has 2 heterocycles. The van der Waals surface area contributed by atoms with Crippen molar-refractivity contribution in [1.82, 2.24) is 10.3 Å². The van der Waals surface area contributed by atoms with Crippen LogP contribution >= 0.6 is 0 Å². The van der Waals surface area contributed by atoms with E-state index in [0.29, 0.717) is 29.4 Å². The number of amides is 1. The lowest BCUT2D eigenvalue weighted by molar-refractivity contribution is -0.138. The molecule has 0 saturated carbocycles. The molecule has 2 aromatic rings. The van der Waals surface area contributed by atoms with Gasteiger partial charge in [-0.25, -0.2) is 14.6 Å². The summed E-state index contributed by atoms with van der Waals surface area (Å²) in [5, 5.41) is 2.69. The molecule has 0 unspecified atom stereocenters. The van der Waals surface area contributed by atoms with Crippen molar-refractivity contribution in [3.8, 4) is 11.1 Å². The number of alkyl carbamates (subject to hydrolysis) is 1. The van der Waals surface area contributed by atoms with E-state index < -0.39 is 11.7 Å². The van der Waals surface area contributed by atoms with Crippen LogP contribution in [0, 0.1) is 0 Å². The molecule has 3 rings (SSSR count). The molecule has 1 amide bonds. The molecule has 0 radical (unpaired) electrons. The minimum absolute atomic E-state index is 0.240. The maximum atomic E-state index is 12.1. The van der Waals surface area contributed by atoms with Gasteiger partial charge >= 0.3 is 12.1 Å². The second-order valence-electron chi connectivity index (χ2n) is 8.34. The quantitative estimate of drug-likeness (QED) is 0.682. The Morgan fingerprint density at radius 3 is 2.56 bits per heavy atom. The van der Waals surface area contributed by atoms with Crippen LogP contribution in [0.5, 0.6) is 0 Å². The van der Waals surface area contributed by atoms with E-state index in [9.17, 15) is 9.59 Å². The Bertz CT molecular complexity index is 1070. The molecule has 32 heavy (non-hydrogen) atoms. The highest BCUT2D eigenvalue weighted by molar-refractivity contribution is 6.03. The van der Waals surface area contributed by atoms with E-state index >= 15 is 0 Å². The zero-order chi connectivity index (χ0) is 23.3. The zero-order valence-corrected chi connectivity index (χ0v) is 18.8. The van der Waals surface area contributed by atoms with E-state index in [1.807, 2.05) is 51.1 Å². The third-order valence-electron chi connectivity index (χ3n) is 4.50. The van der Waals surface area contributed by atoms with Crippen LogP contribution in [0.4, 0.5) is 10.5 Å². The topological polar surface area (TPSA) is 116 Å². The average Bonchev–Trinajstić information content (AvgIpc) is 2.89. The summed E-state index contributed by atoms with van der Waals surface area (Å²) in [6, 6.07) is 9.50. The monoisotopic (exact) mass is 436 g/mol. The third kappa shape index (κ3) is 6.16. The lowest BCUT2D eigenvalue weighted by Crippen LogP contribution is -2.32. The van der Waals surface area contributed by atoms with Gasteiger partial charge in [0.2, 0.25) is 0 Å². The molecule has 0 spiro atoms. The molecule has 1 aromatic heterocycles. The molecule has 1 aliphatic rings. The first-order valence-corrected chi connectivity index (χ1v) is 10.4. The highest BCUT2D eigenvalue weighted by atomic mass is 16.6. The standard InChI is InChI=1S/C24H28N4O4/c1-5-31-22(29)18-10-16-7-6-15(11-20(16)28-21(25)12-18)17-8-9-19(26-13-17)14-27-23(30)32-24(2,3)4/h6-11,13H,5,12,14H2,1-4H3,(H2,25,28)(H,27,30). The fourth-order valence-corrected chi connectivity index (χ4v) is 3.10. The molecular weight excluding hydrogens is 408 g/mol. The number of nitrogens with zero attached hydrogens (tertiary/aromatic N) is 2. The van der Waals surface area contributed by atoms with Gasteiger partial charge in [0.25, 0.3) is 0 Å². The van der Waals surface area contributed by atoms with E-state index in [-0.39, 0.29) is 18.9 Å². The molecule has 3 N–H and O–H groups in total. The number of nitrogens with two attached hydrogens (primary N) is 1. The Kier molecular flexibility index (Phi) is 6.92. The van der Waals surface area contributed by atoms with E-state index in [1.165, 1.54) is 0 Å². The Hall–Kier alpha value is -3.68. The lowest BCUT2D eigenvalue weighted by atomic mass is 10.0. The highest BCUT2D eigenvalue weighted by Crippen LogP contribution is 2.31. The minimum Gasteiger partial charge on any atom is -0.463 e. The van der Waals surface area contributed by atoms with Gasteiger partial charge in [-0.1, -0.05) is 18.2 Å². The van der Waals surface area contributed by atoms with Crippen LogP contribution in [0.3, 0.4) is 0 Å². The summed E-state index contributed by atoms with van der Waals surface area (Å²) in [7, 11) is 0. The predicted molar refractivity (Wildman–Crippen MR) is 123 cm³/mol. The number of benzene rings is 1. The first kappa shape index (κ1) is 23.0. The smallest absolute Gasteiger partial charge is 0.407 e. The van der Waals surface area contributed by atoms with Crippen molar-refractivity contribution < 1.29 is 19.1 Å². The van der Waals surface area contributed by atoms with Gasteiger partial charge < -0.3 is 20.5 Å². The number of hydrogen-bond acceptors (Lipinski definition) is 7. The van der Waals surface area contributed by atoms with Crippen molar-refractivity contribution in [2.75, 3.05) is 6.61 Å². The largest absolute Gasteiger partial charge is 0.463 e. The summed E-state index contributed by atoms with van der Waals surface area (Å²) in [5.41, 5.74) is 9.92. The summed E-state index contributed by atoms with van der Waals surface area (Å²) in [6.07, 6.45) is 3.26. The zero-order valence-electron chi connectivity index (χ0n) is 18.8. The lowest BCUT2D eigenvalue weighted by Gasteiger charge is -2.19. The van der Waals surface area contributed by atoms with E-state index in [4.69, 9.17) is 15.2 Å². The van der Waals surface area contributed by atoms with Crippen LogP contribution in [-0.2, 0) is 20.8 Å². The number of fused-ring (bicyclic) bond motifs is 1. The van der Waals surface area contributed by atoms with Crippen LogP contribution in [0.15, 0.2) is 47.1 Å². The number of amidine groups is 1. The Balaban J connectivity index is 1.75. The molecule has 168 valence electrons. The van der Waals surface area contributed by atoms with Crippen LogP contribution in [0.1, 0.15) is 45.4 Å². The minimum atomic E-state index is -0.551. The van der Waals surface area contributed by atoms with Gasteiger partial charge in [-0.3, -0.25) is 4.98 Å². The molecular formula is C24H28N4O4. The summed E-state index contributed by atoms with van der Waals surface area (Å²) in [5.74, 6) is -0.0377. The molecule has 0 fully saturated rings. The number of aliphatic imine (C=N–C) groups is 1. The molecule has 8 heteroatoms. The molecule has 0 aliphatic carbocycles. The van der Waals surface area contributed by atoms with Crippen molar-refractivity contribution in [2.45, 2.75) is 46.3 Å². The number of carbonyl (C=O) groups is 2. The molecule has 0 bridgehead atoms. The summed E-state index contributed by atoms with van der Waals surface area (Å²) in [6.45, 7) is 7.76. The molecule has 0 saturated heterocycles. The van der Waals surface area contributed by atoms with Gasteiger partial charge in [0.05, 0.1) is 24.5 Å². The summed E-state index contributed by atoms with van der Waals surface area (Å²) >= 11 is 0.